The fourth-order valence-electron chi connectivity index (χ4n) is 1.07. The topological polar surface area (TPSA) is 42.4 Å². The third-order valence-electron chi connectivity index (χ3n) is 1.95. The lowest BCUT2D eigenvalue weighted by atomic mass is 10.1. The Labute approximate surface area is 78.4 Å². The summed E-state index contributed by atoms with van der Waals surface area (Å²) >= 11 is 0. The van der Waals surface area contributed by atoms with Gasteiger partial charge in [-0.15, -0.1) is 0 Å². The van der Waals surface area contributed by atoms with E-state index in [1.165, 1.54) is 0 Å². The number of hydrogen-bond donors (Lipinski definition) is 1. The van der Waals surface area contributed by atoms with Crippen LogP contribution in [0.4, 0.5) is 0 Å². The third-order valence-corrected chi connectivity index (χ3v) is 1.95. The SMILES string of the molecule is CCC(O)Cc1ccc(OC)nc1. The average Bonchev–Trinajstić information content (AvgIpc) is 2.19. The normalized spacial score (nSPS) is 12.5. The monoisotopic (exact) mass is 181 g/mol. The van der Waals surface area contributed by atoms with Gasteiger partial charge in [-0.3, -0.25) is 0 Å². The van der Waals surface area contributed by atoms with E-state index >= 15 is 0 Å². The molecule has 0 saturated heterocycles. The zero-order valence-electron chi connectivity index (χ0n) is 8.03. The lowest BCUT2D eigenvalue weighted by molar-refractivity contribution is 0.170. The Morgan fingerprint density at radius 1 is 1.54 bits per heavy atom. The molecule has 13 heavy (non-hydrogen) atoms. The molecule has 1 unspecified atom stereocenters. The summed E-state index contributed by atoms with van der Waals surface area (Å²) in [5.41, 5.74) is 1.04. The van der Waals surface area contributed by atoms with Crippen molar-refractivity contribution in [3.8, 4) is 5.88 Å². The maximum absolute atomic E-state index is 9.38. The molecule has 3 heteroatoms. The van der Waals surface area contributed by atoms with Gasteiger partial charge in [0, 0.05) is 12.3 Å². The van der Waals surface area contributed by atoms with Gasteiger partial charge < -0.3 is 9.84 Å². The van der Waals surface area contributed by atoms with Crippen LogP contribution in [0.3, 0.4) is 0 Å². The Morgan fingerprint density at radius 2 is 2.31 bits per heavy atom. The predicted octanol–water partition coefficient (Wildman–Crippen LogP) is 1.40. The van der Waals surface area contributed by atoms with Crippen LogP contribution in [0.25, 0.3) is 0 Å². The van der Waals surface area contributed by atoms with Gasteiger partial charge in [0.2, 0.25) is 5.88 Å². The summed E-state index contributed by atoms with van der Waals surface area (Å²) in [4.78, 5) is 4.05. The van der Waals surface area contributed by atoms with Crippen LogP contribution in [0.5, 0.6) is 5.88 Å². The van der Waals surface area contributed by atoms with Crippen molar-refractivity contribution in [1.29, 1.82) is 0 Å². The van der Waals surface area contributed by atoms with Gasteiger partial charge in [0.1, 0.15) is 0 Å². The van der Waals surface area contributed by atoms with E-state index in [4.69, 9.17) is 4.74 Å². The first-order chi connectivity index (χ1) is 6.26. The molecule has 0 spiro atoms. The highest BCUT2D eigenvalue weighted by Gasteiger charge is 2.02. The molecule has 72 valence electrons. The highest BCUT2D eigenvalue weighted by Crippen LogP contribution is 2.09. The largest absolute Gasteiger partial charge is 0.481 e. The van der Waals surface area contributed by atoms with E-state index in [-0.39, 0.29) is 6.10 Å². The van der Waals surface area contributed by atoms with E-state index in [2.05, 4.69) is 4.98 Å². The number of pyridine rings is 1. The fraction of sp³-hybridized carbons (Fsp3) is 0.500. The van der Waals surface area contributed by atoms with Gasteiger partial charge >= 0.3 is 0 Å². The fourth-order valence-corrected chi connectivity index (χ4v) is 1.07. The molecule has 0 amide bonds. The van der Waals surface area contributed by atoms with Gasteiger partial charge in [0.15, 0.2) is 0 Å². The minimum atomic E-state index is -0.268. The van der Waals surface area contributed by atoms with Crippen molar-refractivity contribution < 1.29 is 9.84 Å². The first-order valence-electron chi connectivity index (χ1n) is 4.43. The molecular weight excluding hydrogens is 166 g/mol. The number of rotatable bonds is 4. The van der Waals surface area contributed by atoms with Crippen molar-refractivity contribution in [2.24, 2.45) is 0 Å². The molecule has 0 aliphatic rings. The lowest BCUT2D eigenvalue weighted by Gasteiger charge is -2.07. The molecule has 1 atom stereocenters. The zero-order valence-corrected chi connectivity index (χ0v) is 8.03. The van der Waals surface area contributed by atoms with Crippen molar-refractivity contribution in [1.82, 2.24) is 4.98 Å². The van der Waals surface area contributed by atoms with Crippen molar-refractivity contribution in [3.05, 3.63) is 23.9 Å². The second-order valence-electron chi connectivity index (χ2n) is 2.98. The molecule has 0 aliphatic heterocycles. The first kappa shape index (κ1) is 9.99. The smallest absolute Gasteiger partial charge is 0.212 e. The Morgan fingerprint density at radius 3 is 2.77 bits per heavy atom. The van der Waals surface area contributed by atoms with Gasteiger partial charge in [-0.1, -0.05) is 13.0 Å². The molecule has 0 fully saturated rings. The second-order valence-corrected chi connectivity index (χ2v) is 2.98. The summed E-state index contributed by atoms with van der Waals surface area (Å²) in [5, 5.41) is 9.38. The van der Waals surface area contributed by atoms with Gasteiger partial charge in [0.05, 0.1) is 13.2 Å². The maximum atomic E-state index is 9.38. The predicted molar refractivity (Wildman–Crippen MR) is 50.8 cm³/mol. The Kier molecular flexibility index (Phi) is 3.71. The van der Waals surface area contributed by atoms with Gasteiger partial charge in [-0.25, -0.2) is 4.98 Å². The summed E-state index contributed by atoms with van der Waals surface area (Å²) in [6, 6.07) is 3.72. The summed E-state index contributed by atoms with van der Waals surface area (Å²) in [6.45, 7) is 1.96. The maximum Gasteiger partial charge on any atom is 0.212 e. The highest BCUT2D eigenvalue weighted by molar-refractivity contribution is 5.18. The van der Waals surface area contributed by atoms with Crippen molar-refractivity contribution >= 4 is 0 Å². The number of nitrogens with zero attached hydrogens (tertiary/aromatic N) is 1. The molecule has 0 radical (unpaired) electrons. The molecule has 1 rings (SSSR count). The van der Waals surface area contributed by atoms with Gasteiger partial charge in [-0.2, -0.15) is 0 Å². The summed E-state index contributed by atoms with van der Waals surface area (Å²) in [7, 11) is 1.59. The molecule has 0 bridgehead atoms. The minimum Gasteiger partial charge on any atom is -0.481 e. The lowest BCUT2D eigenvalue weighted by Crippen LogP contribution is -2.08. The summed E-state index contributed by atoms with van der Waals surface area (Å²) in [5.74, 6) is 0.606. The van der Waals surface area contributed by atoms with E-state index < -0.39 is 0 Å². The Balaban J connectivity index is 2.58. The molecule has 0 saturated carbocycles. The van der Waals surface area contributed by atoms with Crippen LogP contribution in [0.15, 0.2) is 18.3 Å². The molecule has 1 heterocycles. The highest BCUT2D eigenvalue weighted by atomic mass is 16.5. The van der Waals surface area contributed by atoms with Crippen LogP contribution in [0.2, 0.25) is 0 Å². The van der Waals surface area contributed by atoms with Crippen LogP contribution < -0.4 is 4.74 Å². The Hall–Kier alpha value is -1.09. The quantitative estimate of drug-likeness (QED) is 0.763. The van der Waals surface area contributed by atoms with Gasteiger partial charge in [0.25, 0.3) is 0 Å². The molecule has 0 aromatic carbocycles. The van der Waals surface area contributed by atoms with Crippen molar-refractivity contribution in [2.75, 3.05) is 7.11 Å². The first-order valence-corrected chi connectivity index (χ1v) is 4.43. The van der Waals surface area contributed by atoms with E-state index in [1.807, 2.05) is 13.0 Å². The van der Waals surface area contributed by atoms with E-state index in [0.29, 0.717) is 12.3 Å². The van der Waals surface area contributed by atoms with Crippen LogP contribution in [0, 0.1) is 0 Å². The van der Waals surface area contributed by atoms with Gasteiger partial charge in [-0.05, 0) is 18.4 Å². The molecule has 0 aliphatic carbocycles. The van der Waals surface area contributed by atoms with E-state index in [1.54, 1.807) is 19.4 Å². The van der Waals surface area contributed by atoms with Crippen LogP contribution >= 0.6 is 0 Å². The zero-order chi connectivity index (χ0) is 9.68. The standard InChI is InChI=1S/C10H15NO2/c1-3-9(12)6-8-4-5-10(13-2)11-7-8/h4-5,7,9,12H,3,6H2,1-2H3. The average molecular weight is 181 g/mol. The van der Waals surface area contributed by atoms with E-state index in [9.17, 15) is 5.11 Å². The molecule has 1 aromatic rings. The molecule has 1 N–H and O–H groups in total. The number of methoxy groups -OCH3 is 1. The Bertz CT molecular complexity index is 246. The molecular formula is C10H15NO2. The molecule has 3 nitrogen and oxygen atoms in total. The number of aromatic nitrogens is 1. The number of ether oxygens (including phenoxy) is 1. The van der Waals surface area contributed by atoms with Crippen LogP contribution in [0.1, 0.15) is 18.9 Å². The van der Waals surface area contributed by atoms with Crippen LogP contribution in [-0.2, 0) is 6.42 Å². The summed E-state index contributed by atoms with van der Waals surface area (Å²) in [6.07, 6.45) is 2.90. The third kappa shape index (κ3) is 3.03. The van der Waals surface area contributed by atoms with Crippen molar-refractivity contribution in [3.63, 3.8) is 0 Å². The van der Waals surface area contributed by atoms with E-state index in [0.717, 1.165) is 12.0 Å². The second kappa shape index (κ2) is 4.82. The number of aliphatic hydroxyl groups is 1. The van der Waals surface area contributed by atoms with Crippen LogP contribution in [-0.4, -0.2) is 23.3 Å². The minimum absolute atomic E-state index is 0.268. The number of hydrogen-bond acceptors (Lipinski definition) is 3. The summed E-state index contributed by atoms with van der Waals surface area (Å²) < 4.78 is 4.93. The number of aliphatic hydroxyl groups excluding tert-OH is 1. The van der Waals surface area contributed by atoms with Crippen molar-refractivity contribution in [2.45, 2.75) is 25.9 Å². The molecule has 1 aromatic heterocycles.